The number of amides is 1. The fourth-order valence-electron chi connectivity index (χ4n) is 5.43. The predicted molar refractivity (Wildman–Crippen MR) is 135 cm³/mol. The fraction of sp³-hybridized carbons (Fsp3) is 0.429. The molecular formula is C28H32FN3O4. The summed E-state index contributed by atoms with van der Waals surface area (Å²) < 4.78 is 24.0. The molecule has 0 aromatic heterocycles. The molecule has 0 spiro atoms. The van der Waals surface area contributed by atoms with Crippen molar-refractivity contribution in [3.05, 3.63) is 59.4 Å². The number of fused-ring (bicyclic) bond motifs is 1. The van der Waals surface area contributed by atoms with Crippen LogP contribution in [0, 0.1) is 23.1 Å². The topological polar surface area (TPSA) is 86.1 Å². The van der Waals surface area contributed by atoms with Crippen LogP contribution < -0.4 is 9.47 Å². The van der Waals surface area contributed by atoms with Crippen molar-refractivity contribution in [2.24, 2.45) is 11.8 Å². The Morgan fingerprint density at radius 1 is 1.08 bits per heavy atom. The normalized spacial score (nSPS) is 20.7. The van der Waals surface area contributed by atoms with E-state index in [1.807, 2.05) is 29.2 Å². The minimum Gasteiger partial charge on any atom is -0.507 e. The quantitative estimate of drug-likeness (QED) is 0.463. The first-order chi connectivity index (χ1) is 17.5. The average molecular weight is 494 g/mol. The van der Waals surface area contributed by atoms with E-state index in [1.165, 1.54) is 12.1 Å². The molecule has 2 aromatic carbocycles. The number of ether oxygens (including phenoxy) is 2. The number of carbonyl (C=O) groups excluding carboxylic acids is 1. The van der Waals surface area contributed by atoms with Gasteiger partial charge in [-0.3, -0.25) is 4.79 Å². The van der Waals surface area contributed by atoms with Crippen LogP contribution in [0.2, 0.25) is 0 Å². The van der Waals surface area contributed by atoms with Gasteiger partial charge in [0.1, 0.15) is 11.6 Å². The van der Waals surface area contributed by atoms with Gasteiger partial charge in [0.15, 0.2) is 11.5 Å². The highest BCUT2D eigenvalue weighted by atomic mass is 19.1. The van der Waals surface area contributed by atoms with Gasteiger partial charge in [0.2, 0.25) is 12.7 Å². The summed E-state index contributed by atoms with van der Waals surface area (Å²) in [5, 5.41) is 18.5. The van der Waals surface area contributed by atoms with Gasteiger partial charge in [-0.25, -0.2) is 4.39 Å². The second kappa shape index (κ2) is 10.7. The minimum atomic E-state index is -0.498. The Morgan fingerprint density at radius 3 is 2.69 bits per heavy atom. The molecule has 0 radical (unpaired) electrons. The van der Waals surface area contributed by atoms with Crippen molar-refractivity contribution in [3.8, 4) is 17.2 Å². The maximum atomic E-state index is 13.3. The molecule has 36 heavy (non-hydrogen) atoms. The monoisotopic (exact) mass is 493 g/mol. The summed E-state index contributed by atoms with van der Waals surface area (Å²) in [4.78, 5) is 17.2. The molecule has 3 aliphatic heterocycles. The molecule has 0 unspecified atom stereocenters. The van der Waals surface area contributed by atoms with Gasteiger partial charge >= 0.3 is 0 Å². The Hall–Kier alpha value is -3.39. The van der Waals surface area contributed by atoms with E-state index in [9.17, 15) is 14.3 Å². The molecule has 0 bridgehead atoms. The van der Waals surface area contributed by atoms with Crippen LogP contribution in [0.4, 0.5) is 4.39 Å². The lowest BCUT2D eigenvalue weighted by atomic mass is 9.87. The molecule has 3 heterocycles. The highest BCUT2D eigenvalue weighted by Crippen LogP contribution is 2.33. The number of nitrogens with one attached hydrogen (secondary N) is 1. The van der Waals surface area contributed by atoms with Gasteiger partial charge in [-0.05, 0) is 80.6 Å². The molecule has 8 heteroatoms. The predicted octanol–water partition coefficient (Wildman–Crippen LogP) is 4.29. The molecule has 3 aliphatic rings. The van der Waals surface area contributed by atoms with Gasteiger partial charge in [-0.2, -0.15) is 0 Å². The Labute approximate surface area is 210 Å². The van der Waals surface area contributed by atoms with E-state index in [-0.39, 0.29) is 24.4 Å². The van der Waals surface area contributed by atoms with E-state index >= 15 is 0 Å². The van der Waals surface area contributed by atoms with Crippen molar-refractivity contribution in [2.75, 3.05) is 39.5 Å². The molecular weight excluding hydrogens is 461 g/mol. The number of hydrogen-bond donors (Lipinski definition) is 2. The molecule has 2 saturated heterocycles. The van der Waals surface area contributed by atoms with Gasteiger partial charge in [0.05, 0.1) is 0 Å². The molecule has 0 aliphatic carbocycles. The van der Waals surface area contributed by atoms with E-state index in [1.54, 1.807) is 6.08 Å². The van der Waals surface area contributed by atoms with Crippen molar-refractivity contribution in [1.82, 2.24) is 9.80 Å². The number of halogens is 1. The van der Waals surface area contributed by atoms with Gasteiger partial charge in [0.25, 0.3) is 0 Å². The number of nitrogens with zero attached hydrogens (tertiary/aromatic N) is 2. The maximum Gasteiger partial charge on any atom is 0.246 e. The first-order valence-electron chi connectivity index (χ1n) is 12.6. The molecule has 5 rings (SSSR count). The second-order valence-corrected chi connectivity index (χ2v) is 9.89. The highest BCUT2D eigenvalue weighted by Gasteiger charge is 2.28. The van der Waals surface area contributed by atoms with Gasteiger partial charge in [0, 0.05) is 49.0 Å². The molecule has 190 valence electrons. The summed E-state index contributed by atoms with van der Waals surface area (Å²) in [5.41, 5.74) is 1.71. The third kappa shape index (κ3) is 5.54. The molecule has 2 fully saturated rings. The Morgan fingerprint density at radius 2 is 1.89 bits per heavy atom. The van der Waals surface area contributed by atoms with E-state index in [2.05, 4.69) is 4.90 Å². The number of likely N-dealkylation sites (tertiary alicyclic amines) is 2. The largest absolute Gasteiger partial charge is 0.507 e. The molecule has 2 aromatic rings. The third-order valence-electron chi connectivity index (χ3n) is 7.41. The van der Waals surface area contributed by atoms with Crippen LogP contribution in [0.1, 0.15) is 36.8 Å². The number of piperidine rings is 2. The van der Waals surface area contributed by atoms with E-state index < -0.39 is 5.82 Å². The van der Waals surface area contributed by atoms with Crippen LogP contribution in [-0.2, 0) is 4.79 Å². The molecule has 2 N–H and O–H groups in total. The first kappa shape index (κ1) is 24.3. The fourth-order valence-corrected chi connectivity index (χ4v) is 5.43. The third-order valence-corrected chi connectivity index (χ3v) is 7.41. The molecule has 1 atom stereocenters. The smallest absolute Gasteiger partial charge is 0.246 e. The maximum absolute atomic E-state index is 13.3. The Kier molecular flexibility index (Phi) is 7.23. The van der Waals surface area contributed by atoms with Crippen LogP contribution in [-0.4, -0.2) is 66.0 Å². The van der Waals surface area contributed by atoms with Crippen LogP contribution in [0.3, 0.4) is 0 Å². The molecule has 0 saturated carbocycles. The van der Waals surface area contributed by atoms with Crippen molar-refractivity contribution in [3.63, 3.8) is 0 Å². The van der Waals surface area contributed by atoms with Crippen LogP contribution in [0.15, 0.2) is 42.5 Å². The number of phenolic OH excluding ortho intramolecular Hbond substituents is 1. The Balaban J connectivity index is 1.10. The molecule has 1 amide bonds. The standard InChI is InChI=1S/C28H32FN3O4/c29-22-5-6-23(24(33)15-22)28(30)21-9-12-31(13-10-21)16-20-2-1-11-32(17-20)27(34)8-4-19-3-7-25-26(14-19)36-18-35-25/h3-8,14-15,20-21,30,33H,1-2,9-13,16-18H2/b8-4+,30-28?/t20-/m0/s1. The SMILES string of the molecule is N=C(c1ccc(F)cc1O)C1CCN(C[C@@H]2CCCN(C(=O)/C=C/c3ccc4c(c3)OCO4)C2)CC1. The summed E-state index contributed by atoms with van der Waals surface area (Å²) in [6.07, 6.45) is 7.25. The van der Waals surface area contributed by atoms with E-state index in [0.29, 0.717) is 22.9 Å². The van der Waals surface area contributed by atoms with Gasteiger partial charge < -0.3 is 29.8 Å². The average Bonchev–Trinajstić information content (AvgIpc) is 3.36. The van der Waals surface area contributed by atoms with Gasteiger partial charge in [-0.1, -0.05) is 6.07 Å². The number of rotatable bonds is 6. The van der Waals surface area contributed by atoms with Crippen LogP contribution in [0.5, 0.6) is 17.2 Å². The number of benzene rings is 2. The van der Waals surface area contributed by atoms with Crippen molar-refractivity contribution < 1.29 is 23.8 Å². The summed E-state index contributed by atoms with van der Waals surface area (Å²) in [6, 6.07) is 9.51. The van der Waals surface area contributed by atoms with Crippen LogP contribution >= 0.6 is 0 Å². The summed E-state index contributed by atoms with van der Waals surface area (Å²) in [7, 11) is 0. The van der Waals surface area contributed by atoms with Gasteiger partial charge in [-0.15, -0.1) is 0 Å². The van der Waals surface area contributed by atoms with E-state index in [0.717, 1.165) is 75.8 Å². The first-order valence-corrected chi connectivity index (χ1v) is 12.6. The molecule has 7 nitrogen and oxygen atoms in total. The number of phenols is 1. The number of carbonyl (C=O) groups is 1. The zero-order valence-electron chi connectivity index (χ0n) is 20.3. The summed E-state index contributed by atoms with van der Waals surface area (Å²) in [6.45, 7) is 4.46. The lowest BCUT2D eigenvalue weighted by molar-refractivity contribution is -0.127. The van der Waals surface area contributed by atoms with Crippen molar-refractivity contribution in [1.29, 1.82) is 5.41 Å². The number of aromatic hydroxyl groups is 1. The zero-order valence-corrected chi connectivity index (χ0v) is 20.3. The summed E-state index contributed by atoms with van der Waals surface area (Å²) >= 11 is 0. The van der Waals surface area contributed by atoms with E-state index in [4.69, 9.17) is 14.9 Å². The summed E-state index contributed by atoms with van der Waals surface area (Å²) in [5.74, 6) is 1.29. The lowest BCUT2D eigenvalue weighted by Crippen LogP contribution is -2.45. The second-order valence-electron chi connectivity index (χ2n) is 9.89. The van der Waals surface area contributed by atoms with Crippen molar-refractivity contribution in [2.45, 2.75) is 25.7 Å². The van der Waals surface area contributed by atoms with Crippen LogP contribution in [0.25, 0.3) is 6.08 Å². The number of hydrogen-bond acceptors (Lipinski definition) is 6. The lowest BCUT2D eigenvalue weighted by Gasteiger charge is -2.38. The zero-order chi connectivity index (χ0) is 25.1. The Bertz CT molecular complexity index is 1160. The van der Waals surface area contributed by atoms with Crippen molar-refractivity contribution >= 4 is 17.7 Å². The minimum absolute atomic E-state index is 0.0311. The highest BCUT2D eigenvalue weighted by molar-refractivity contribution is 6.02.